The fraction of sp³-hybridized carbons (Fsp3) is 0.200. The van der Waals surface area contributed by atoms with Gasteiger partial charge in [-0.2, -0.15) is 10.4 Å². The number of allylic oxidation sites excluding steroid dienone is 1. The number of hydrazone groups is 1. The number of nitrogens with zero attached hydrogens (tertiary/aromatic N) is 3. The van der Waals surface area contributed by atoms with Gasteiger partial charge in [-0.1, -0.05) is 0 Å². The Morgan fingerprint density at radius 1 is 1.38 bits per heavy atom. The third kappa shape index (κ3) is 2.24. The molecule has 0 radical (unpaired) electrons. The minimum Gasteiger partial charge on any atom is -0.497 e. The molecule has 1 aromatic carbocycles. The molecule has 0 aliphatic carbocycles. The molecule has 1 aromatic rings. The maximum absolute atomic E-state index is 9.38. The lowest BCUT2D eigenvalue weighted by Crippen LogP contribution is -2.34. The van der Waals surface area contributed by atoms with Crippen LogP contribution in [0.3, 0.4) is 0 Å². The molecule has 2 heterocycles. The maximum Gasteiger partial charge on any atom is 0.144 e. The molecule has 0 bridgehead atoms. The summed E-state index contributed by atoms with van der Waals surface area (Å²) in [5.41, 5.74) is 8.78. The normalized spacial score (nSPS) is 17.6. The monoisotopic (exact) mass is 282 g/mol. The number of benzene rings is 1. The summed E-state index contributed by atoms with van der Waals surface area (Å²) >= 11 is 0. The van der Waals surface area contributed by atoms with Gasteiger partial charge in [0.15, 0.2) is 0 Å². The molecule has 6 nitrogen and oxygen atoms in total. The maximum atomic E-state index is 9.38. The average molecular weight is 282 g/mol. The van der Waals surface area contributed by atoms with E-state index in [1.54, 1.807) is 12.1 Å². The second-order valence-electron chi connectivity index (χ2n) is 4.56. The van der Waals surface area contributed by atoms with Gasteiger partial charge in [0, 0.05) is 5.57 Å². The summed E-state index contributed by atoms with van der Waals surface area (Å²) in [7, 11) is 1.61. The van der Waals surface area contributed by atoms with Crippen LogP contribution in [0.25, 0.3) is 0 Å². The summed E-state index contributed by atoms with van der Waals surface area (Å²) in [5, 5.41) is 15.4. The Bertz CT molecular complexity index is 695. The molecule has 0 saturated carbocycles. The van der Waals surface area contributed by atoms with Crippen LogP contribution in [-0.2, 0) is 4.74 Å². The van der Waals surface area contributed by atoms with Gasteiger partial charge in [0.05, 0.1) is 31.7 Å². The standard InChI is InChI=1S/C15H14N4O2/c1-20-11-4-2-10(3-5-11)19-15(17)13(8-16)12-6-7-21-9-14(12)18-19/h2-6H,7,9,17H2,1H3. The molecule has 0 unspecified atom stereocenters. The Kier molecular flexibility index (Phi) is 3.34. The number of hydrogen-bond acceptors (Lipinski definition) is 6. The second kappa shape index (κ2) is 5.31. The molecule has 0 spiro atoms. The summed E-state index contributed by atoms with van der Waals surface area (Å²) in [5.74, 6) is 1.06. The highest BCUT2D eigenvalue weighted by atomic mass is 16.5. The lowest BCUT2D eigenvalue weighted by atomic mass is 9.99. The Morgan fingerprint density at radius 3 is 2.81 bits per heavy atom. The molecule has 2 aliphatic rings. The molecule has 0 atom stereocenters. The summed E-state index contributed by atoms with van der Waals surface area (Å²) < 4.78 is 10.5. The molecule has 0 aromatic heterocycles. The SMILES string of the molecule is COc1ccc(N2N=C3COCC=C3C(C#N)=C2N)cc1. The van der Waals surface area contributed by atoms with E-state index in [0.29, 0.717) is 30.3 Å². The molecule has 0 fully saturated rings. The van der Waals surface area contributed by atoms with Gasteiger partial charge in [0.1, 0.15) is 23.2 Å². The van der Waals surface area contributed by atoms with Crippen LogP contribution in [0.4, 0.5) is 5.69 Å². The Balaban J connectivity index is 2.05. The van der Waals surface area contributed by atoms with Crippen molar-refractivity contribution >= 4 is 11.4 Å². The molecule has 6 heteroatoms. The zero-order valence-corrected chi connectivity index (χ0v) is 11.5. The van der Waals surface area contributed by atoms with Crippen LogP contribution in [0.5, 0.6) is 5.75 Å². The number of methoxy groups -OCH3 is 1. The van der Waals surface area contributed by atoms with Crippen LogP contribution in [0.1, 0.15) is 0 Å². The molecule has 3 rings (SSSR count). The fourth-order valence-electron chi connectivity index (χ4n) is 2.28. The van der Waals surface area contributed by atoms with Crippen molar-refractivity contribution in [3.8, 4) is 11.8 Å². The van der Waals surface area contributed by atoms with E-state index in [4.69, 9.17) is 15.2 Å². The quantitative estimate of drug-likeness (QED) is 0.889. The van der Waals surface area contributed by atoms with Gasteiger partial charge in [-0.25, -0.2) is 5.01 Å². The zero-order valence-electron chi connectivity index (χ0n) is 11.5. The van der Waals surface area contributed by atoms with Crippen LogP contribution in [0.15, 0.2) is 52.4 Å². The Morgan fingerprint density at radius 2 is 2.14 bits per heavy atom. The first-order valence-electron chi connectivity index (χ1n) is 6.44. The van der Waals surface area contributed by atoms with E-state index in [2.05, 4.69) is 11.2 Å². The van der Waals surface area contributed by atoms with Crippen LogP contribution < -0.4 is 15.5 Å². The molecular weight excluding hydrogens is 268 g/mol. The van der Waals surface area contributed by atoms with E-state index >= 15 is 0 Å². The number of nitriles is 1. The summed E-state index contributed by atoms with van der Waals surface area (Å²) in [4.78, 5) is 0. The van der Waals surface area contributed by atoms with Crippen molar-refractivity contribution in [3.63, 3.8) is 0 Å². The van der Waals surface area contributed by atoms with Gasteiger partial charge in [0.25, 0.3) is 0 Å². The molecule has 2 N–H and O–H groups in total. The van der Waals surface area contributed by atoms with Crippen LogP contribution in [0.2, 0.25) is 0 Å². The number of fused-ring (bicyclic) bond motifs is 1. The second-order valence-corrected chi connectivity index (χ2v) is 4.56. The van der Waals surface area contributed by atoms with Crippen molar-refractivity contribution in [2.24, 2.45) is 10.8 Å². The summed E-state index contributed by atoms with van der Waals surface area (Å²) in [6.45, 7) is 0.840. The van der Waals surface area contributed by atoms with Crippen molar-refractivity contribution in [1.82, 2.24) is 0 Å². The van der Waals surface area contributed by atoms with Crippen molar-refractivity contribution in [2.45, 2.75) is 0 Å². The minimum atomic E-state index is 0.319. The number of hydrogen-bond donors (Lipinski definition) is 1. The van der Waals surface area contributed by atoms with Gasteiger partial charge >= 0.3 is 0 Å². The average Bonchev–Trinajstić information content (AvgIpc) is 2.54. The lowest BCUT2D eigenvalue weighted by Gasteiger charge is -2.29. The smallest absolute Gasteiger partial charge is 0.144 e. The topological polar surface area (TPSA) is 83.9 Å². The predicted octanol–water partition coefficient (Wildman–Crippen LogP) is 1.52. The van der Waals surface area contributed by atoms with Gasteiger partial charge < -0.3 is 15.2 Å². The van der Waals surface area contributed by atoms with Crippen molar-refractivity contribution in [1.29, 1.82) is 5.26 Å². The number of anilines is 1. The van der Waals surface area contributed by atoms with Crippen molar-refractivity contribution < 1.29 is 9.47 Å². The van der Waals surface area contributed by atoms with E-state index in [-0.39, 0.29) is 0 Å². The largest absolute Gasteiger partial charge is 0.497 e. The van der Waals surface area contributed by atoms with E-state index in [1.165, 1.54) is 0 Å². The van der Waals surface area contributed by atoms with Gasteiger partial charge in [-0.15, -0.1) is 0 Å². The highest BCUT2D eigenvalue weighted by molar-refractivity contribution is 6.08. The highest BCUT2D eigenvalue weighted by Gasteiger charge is 2.27. The molecule has 106 valence electrons. The molecular formula is C15H14N4O2. The van der Waals surface area contributed by atoms with E-state index in [1.807, 2.05) is 30.3 Å². The van der Waals surface area contributed by atoms with Crippen LogP contribution in [-0.4, -0.2) is 26.0 Å². The predicted molar refractivity (Wildman–Crippen MR) is 78.6 cm³/mol. The molecule has 0 amide bonds. The number of rotatable bonds is 2. The van der Waals surface area contributed by atoms with Crippen LogP contribution in [0, 0.1) is 11.3 Å². The molecule has 2 aliphatic heterocycles. The van der Waals surface area contributed by atoms with E-state index in [9.17, 15) is 5.26 Å². The first kappa shape index (κ1) is 13.2. The minimum absolute atomic E-state index is 0.319. The van der Waals surface area contributed by atoms with Crippen molar-refractivity contribution in [3.05, 3.63) is 47.3 Å². The fourth-order valence-corrected chi connectivity index (χ4v) is 2.28. The summed E-state index contributed by atoms with van der Waals surface area (Å²) in [6, 6.07) is 9.47. The Hall–Kier alpha value is -2.78. The van der Waals surface area contributed by atoms with Gasteiger partial charge in [-0.3, -0.25) is 0 Å². The third-order valence-corrected chi connectivity index (χ3v) is 3.36. The van der Waals surface area contributed by atoms with Gasteiger partial charge in [-0.05, 0) is 30.3 Å². The van der Waals surface area contributed by atoms with Gasteiger partial charge in [0.2, 0.25) is 0 Å². The van der Waals surface area contributed by atoms with Crippen molar-refractivity contribution in [2.75, 3.05) is 25.3 Å². The van der Waals surface area contributed by atoms with E-state index in [0.717, 1.165) is 17.0 Å². The molecule has 21 heavy (non-hydrogen) atoms. The lowest BCUT2D eigenvalue weighted by molar-refractivity contribution is 0.199. The number of ether oxygens (including phenoxy) is 2. The third-order valence-electron chi connectivity index (χ3n) is 3.36. The zero-order chi connectivity index (χ0) is 14.8. The first-order valence-corrected chi connectivity index (χ1v) is 6.44. The molecule has 0 saturated heterocycles. The first-order chi connectivity index (χ1) is 10.2. The Labute approximate surface area is 122 Å². The summed E-state index contributed by atoms with van der Waals surface area (Å²) in [6.07, 6.45) is 1.83. The number of nitrogens with two attached hydrogens (primary N) is 1. The van der Waals surface area contributed by atoms with E-state index < -0.39 is 0 Å². The van der Waals surface area contributed by atoms with Crippen LogP contribution >= 0.6 is 0 Å². The highest BCUT2D eigenvalue weighted by Crippen LogP contribution is 2.29.